The van der Waals surface area contributed by atoms with E-state index in [1.54, 1.807) is 12.1 Å². The van der Waals surface area contributed by atoms with Crippen molar-refractivity contribution in [2.75, 3.05) is 6.61 Å². The summed E-state index contributed by atoms with van der Waals surface area (Å²) < 4.78 is 13.0. The number of hydrogen-bond donors (Lipinski definition) is 1. The molecule has 1 unspecified atom stereocenters. The quantitative estimate of drug-likeness (QED) is 0.749. The van der Waals surface area contributed by atoms with Crippen molar-refractivity contribution in [2.45, 2.75) is 33.2 Å². The molecule has 0 aliphatic carbocycles. The Kier molecular flexibility index (Phi) is 5.43. The van der Waals surface area contributed by atoms with E-state index in [1.165, 1.54) is 6.07 Å². The molecule has 0 fully saturated rings. The molecule has 0 aliphatic rings. The molecule has 0 amide bonds. The van der Waals surface area contributed by atoms with Crippen LogP contribution in [0.4, 0.5) is 4.39 Å². The minimum Gasteiger partial charge on any atom is -0.301 e. The monoisotopic (exact) mass is 225 g/mol. The second-order valence-corrected chi connectivity index (χ2v) is 4.34. The zero-order valence-electron chi connectivity index (χ0n) is 10.2. The lowest BCUT2D eigenvalue weighted by atomic mass is 10.1. The van der Waals surface area contributed by atoms with Gasteiger partial charge in [-0.3, -0.25) is 0 Å². The van der Waals surface area contributed by atoms with E-state index in [9.17, 15) is 4.39 Å². The van der Waals surface area contributed by atoms with Crippen LogP contribution in [-0.2, 0) is 4.84 Å². The molecule has 1 aromatic carbocycles. The third-order valence-corrected chi connectivity index (χ3v) is 2.30. The molecule has 0 aliphatic heterocycles. The first kappa shape index (κ1) is 13.1. The number of hydroxylamine groups is 1. The molecule has 16 heavy (non-hydrogen) atoms. The smallest absolute Gasteiger partial charge is 0.123 e. The van der Waals surface area contributed by atoms with Gasteiger partial charge in [0.2, 0.25) is 0 Å². The Labute approximate surface area is 96.8 Å². The van der Waals surface area contributed by atoms with Crippen LogP contribution in [0.5, 0.6) is 0 Å². The van der Waals surface area contributed by atoms with E-state index in [2.05, 4.69) is 19.3 Å². The molecule has 0 radical (unpaired) electrons. The third-order valence-electron chi connectivity index (χ3n) is 2.30. The van der Waals surface area contributed by atoms with Gasteiger partial charge < -0.3 is 4.84 Å². The molecule has 0 spiro atoms. The molecule has 0 saturated heterocycles. The molecule has 0 bridgehead atoms. The molecule has 90 valence electrons. The highest BCUT2D eigenvalue weighted by molar-refractivity contribution is 5.19. The van der Waals surface area contributed by atoms with Gasteiger partial charge in [-0.25, -0.2) is 4.39 Å². The second kappa shape index (κ2) is 6.61. The summed E-state index contributed by atoms with van der Waals surface area (Å²) in [5, 5.41) is 0. The first-order valence-electron chi connectivity index (χ1n) is 5.76. The van der Waals surface area contributed by atoms with Crippen LogP contribution in [0.1, 0.15) is 38.8 Å². The van der Waals surface area contributed by atoms with Gasteiger partial charge in [0.25, 0.3) is 0 Å². The highest BCUT2D eigenvalue weighted by Gasteiger charge is 2.09. The zero-order valence-corrected chi connectivity index (χ0v) is 10.2. The fourth-order valence-electron chi connectivity index (χ4n) is 1.43. The van der Waals surface area contributed by atoms with Gasteiger partial charge in [-0.2, -0.15) is 5.48 Å². The van der Waals surface area contributed by atoms with Crippen molar-refractivity contribution < 1.29 is 9.23 Å². The summed E-state index contributed by atoms with van der Waals surface area (Å²) in [7, 11) is 0. The van der Waals surface area contributed by atoms with Gasteiger partial charge in [0.1, 0.15) is 5.82 Å². The Morgan fingerprint density at radius 1 is 1.38 bits per heavy atom. The molecule has 0 saturated carbocycles. The standard InChI is InChI=1S/C13H20FNO/c1-4-13(15-16-9-10(2)3)11-6-5-7-12(14)8-11/h5-8,10,13,15H,4,9H2,1-3H3. The summed E-state index contributed by atoms with van der Waals surface area (Å²) in [5.74, 6) is 0.277. The minimum atomic E-state index is -0.207. The first-order valence-corrected chi connectivity index (χ1v) is 5.76. The molecule has 3 heteroatoms. The molecule has 2 nitrogen and oxygen atoms in total. The van der Waals surface area contributed by atoms with E-state index < -0.39 is 0 Å². The maximum absolute atomic E-state index is 13.0. The zero-order chi connectivity index (χ0) is 12.0. The van der Waals surface area contributed by atoms with Crippen molar-refractivity contribution in [3.63, 3.8) is 0 Å². The van der Waals surface area contributed by atoms with E-state index in [0.29, 0.717) is 12.5 Å². The normalized spacial score (nSPS) is 13.1. The molecule has 1 aromatic rings. The average Bonchev–Trinajstić information content (AvgIpc) is 2.24. The average molecular weight is 225 g/mol. The Morgan fingerprint density at radius 2 is 2.12 bits per heavy atom. The van der Waals surface area contributed by atoms with E-state index in [-0.39, 0.29) is 11.9 Å². The van der Waals surface area contributed by atoms with Crippen molar-refractivity contribution >= 4 is 0 Å². The summed E-state index contributed by atoms with van der Waals surface area (Å²) in [6.45, 7) is 6.88. The van der Waals surface area contributed by atoms with E-state index in [0.717, 1.165) is 12.0 Å². The van der Waals surface area contributed by atoms with Crippen molar-refractivity contribution in [1.29, 1.82) is 0 Å². The summed E-state index contributed by atoms with van der Waals surface area (Å²) >= 11 is 0. The summed E-state index contributed by atoms with van der Waals surface area (Å²) in [6, 6.07) is 6.67. The van der Waals surface area contributed by atoms with Crippen molar-refractivity contribution in [2.24, 2.45) is 5.92 Å². The Balaban J connectivity index is 2.53. The summed E-state index contributed by atoms with van der Waals surface area (Å²) in [6.07, 6.45) is 0.863. The predicted octanol–water partition coefficient (Wildman–Crippen LogP) is 3.45. The SMILES string of the molecule is CCC(NOCC(C)C)c1cccc(F)c1. The fourth-order valence-corrected chi connectivity index (χ4v) is 1.43. The maximum Gasteiger partial charge on any atom is 0.123 e. The molecule has 0 aromatic heterocycles. The largest absolute Gasteiger partial charge is 0.301 e. The van der Waals surface area contributed by atoms with Crippen LogP contribution in [-0.4, -0.2) is 6.61 Å². The van der Waals surface area contributed by atoms with Crippen LogP contribution in [0.2, 0.25) is 0 Å². The van der Waals surface area contributed by atoms with E-state index in [1.807, 2.05) is 13.0 Å². The molecule has 1 rings (SSSR count). The Hall–Kier alpha value is -0.930. The van der Waals surface area contributed by atoms with Gasteiger partial charge >= 0.3 is 0 Å². The van der Waals surface area contributed by atoms with Crippen molar-refractivity contribution in [1.82, 2.24) is 5.48 Å². The second-order valence-electron chi connectivity index (χ2n) is 4.34. The Morgan fingerprint density at radius 3 is 2.69 bits per heavy atom. The van der Waals surface area contributed by atoms with Crippen molar-refractivity contribution in [3.8, 4) is 0 Å². The Bertz CT molecular complexity index is 315. The van der Waals surface area contributed by atoms with E-state index >= 15 is 0 Å². The highest BCUT2D eigenvalue weighted by Crippen LogP contribution is 2.17. The number of benzene rings is 1. The maximum atomic E-state index is 13.0. The lowest BCUT2D eigenvalue weighted by Crippen LogP contribution is -2.23. The summed E-state index contributed by atoms with van der Waals surface area (Å²) in [5.41, 5.74) is 3.90. The number of halogens is 1. The van der Waals surface area contributed by atoms with Crippen LogP contribution in [0.15, 0.2) is 24.3 Å². The molecule has 1 N–H and O–H groups in total. The first-order chi connectivity index (χ1) is 7.63. The minimum absolute atomic E-state index is 0.0504. The van der Waals surface area contributed by atoms with Gasteiger partial charge in [-0.1, -0.05) is 32.9 Å². The van der Waals surface area contributed by atoms with Crippen LogP contribution in [0.25, 0.3) is 0 Å². The van der Waals surface area contributed by atoms with Gasteiger partial charge in [-0.15, -0.1) is 0 Å². The number of hydrogen-bond acceptors (Lipinski definition) is 2. The van der Waals surface area contributed by atoms with Gasteiger partial charge in [-0.05, 0) is 30.0 Å². The third kappa shape index (κ3) is 4.29. The lowest BCUT2D eigenvalue weighted by molar-refractivity contribution is -0.000632. The predicted molar refractivity (Wildman–Crippen MR) is 63.4 cm³/mol. The van der Waals surface area contributed by atoms with E-state index in [4.69, 9.17) is 4.84 Å². The van der Waals surface area contributed by atoms with Gasteiger partial charge in [0.05, 0.1) is 12.6 Å². The van der Waals surface area contributed by atoms with Gasteiger partial charge in [0, 0.05) is 0 Å². The molecular weight excluding hydrogens is 205 g/mol. The molecular formula is C13H20FNO. The number of rotatable bonds is 6. The summed E-state index contributed by atoms with van der Waals surface area (Å²) in [4.78, 5) is 5.37. The topological polar surface area (TPSA) is 21.3 Å². The molecule has 0 heterocycles. The fraction of sp³-hybridized carbons (Fsp3) is 0.538. The van der Waals surface area contributed by atoms with Crippen LogP contribution in [0, 0.1) is 11.7 Å². The van der Waals surface area contributed by atoms with Crippen LogP contribution < -0.4 is 5.48 Å². The van der Waals surface area contributed by atoms with Gasteiger partial charge in [0.15, 0.2) is 0 Å². The number of nitrogens with one attached hydrogen (secondary N) is 1. The molecule has 1 atom stereocenters. The highest BCUT2D eigenvalue weighted by atomic mass is 19.1. The van der Waals surface area contributed by atoms with Crippen molar-refractivity contribution in [3.05, 3.63) is 35.6 Å². The van der Waals surface area contributed by atoms with Crippen LogP contribution >= 0.6 is 0 Å². The van der Waals surface area contributed by atoms with Crippen LogP contribution in [0.3, 0.4) is 0 Å². The lowest BCUT2D eigenvalue weighted by Gasteiger charge is -2.18.